The molecule has 0 aromatic heterocycles. The first kappa shape index (κ1) is 12.4. The van der Waals surface area contributed by atoms with E-state index >= 15 is 0 Å². The molecular formula is C14H15FN2O. The highest BCUT2D eigenvalue weighted by atomic mass is 19.1. The largest absolute Gasteiger partial charge is 0.324 e. The van der Waals surface area contributed by atoms with E-state index in [4.69, 9.17) is 6.42 Å². The summed E-state index contributed by atoms with van der Waals surface area (Å²) in [4.78, 5) is 13.6. The minimum absolute atomic E-state index is 0.198. The number of carbonyl (C=O) groups is 1. The van der Waals surface area contributed by atoms with Crippen molar-refractivity contribution in [3.8, 4) is 12.3 Å². The van der Waals surface area contributed by atoms with Gasteiger partial charge >= 0.3 is 6.03 Å². The van der Waals surface area contributed by atoms with Crippen molar-refractivity contribution in [3.05, 3.63) is 30.1 Å². The maximum Gasteiger partial charge on any atom is 0.321 e. The van der Waals surface area contributed by atoms with Crippen LogP contribution in [0.25, 0.3) is 0 Å². The lowest BCUT2D eigenvalue weighted by atomic mass is 9.98. The van der Waals surface area contributed by atoms with Crippen LogP contribution in [0, 0.1) is 24.1 Å². The minimum atomic E-state index is -0.362. The molecule has 18 heavy (non-hydrogen) atoms. The van der Waals surface area contributed by atoms with Crippen molar-refractivity contribution in [2.75, 3.05) is 18.4 Å². The van der Waals surface area contributed by atoms with Gasteiger partial charge in [-0.1, -0.05) is 6.07 Å². The van der Waals surface area contributed by atoms with E-state index in [2.05, 4.69) is 11.2 Å². The fourth-order valence-electron chi connectivity index (χ4n) is 2.02. The van der Waals surface area contributed by atoms with Crippen molar-refractivity contribution < 1.29 is 9.18 Å². The molecule has 0 radical (unpaired) electrons. The van der Waals surface area contributed by atoms with Crippen LogP contribution >= 0.6 is 0 Å². The van der Waals surface area contributed by atoms with E-state index in [9.17, 15) is 9.18 Å². The summed E-state index contributed by atoms with van der Waals surface area (Å²) in [7, 11) is 0. The number of rotatable bonds is 1. The molecule has 1 aromatic carbocycles. The van der Waals surface area contributed by atoms with Gasteiger partial charge in [-0.05, 0) is 31.0 Å². The molecule has 0 bridgehead atoms. The number of urea groups is 1. The first-order valence-corrected chi connectivity index (χ1v) is 5.96. The molecule has 1 saturated heterocycles. The molecule has 0 saturated carbocycles. The summed E-state index contributed by atoms with van der Waals surface area (Å²) in [6, 6.07) is 5.67. The average molecular weight is 246 g/mol. The molecule has 2 amide bonds. The monoisotopic (exact) mass is 246 g/mol. The fourth-order valence-corrected chi connectivity index (χ4v) is 2.02. The van der Waals surface area contributed by atoms with E-state index in [0.29, 0.717) is 18.8 Å². The fraction of sp³-hybridized carbons (Fsp3) is 0.357. The third-order valence-corrected chi connectivity index (χ3v) is 3.09. The second kappa shape index (κ2) is 5.54. The van der Waals surface area contributed by atoms with Crippen LogP contribution in [0.1, 0.15) is 12.8 Å². The van der Waals surface area contributed by atoms with Gasteiger partial charge in [0.15, 0.2) is 0 Å². The molecule has 3 nitrogen and oxygen atoms in total. The van der Waals surface area contributed by atoms with Crippen molar-refractivity contribution in [1.82, 2.24) is 4.90 Å². The summed E-state index contributed by atoms with van der Waals surface area (Å²) in [5, 5.41) is 2.68. The van der Waals surface area contributed by atoms with Gasteiger partial charge in [-0.3, -0.25) is 0 Å². The van der Waals surface area contributed by atoms with Crippen LogP contribution in [0.2, 0.25) is 0 Å². The summed E-state index contributed by atoms with van der Waals surface area (Å²) in [5.41, 5.74) is 0.471. The van der Waals surface area contributed by atoms with E-state index < -0.39 is 0 Å². The highest BCUT2D eigenvalue weighted by Gasteiger charge is 2.21. The van der Waals surface area contributed by atoms with Gasteiger partial charge in [0.05, 0.1) is 0 Å². The zero-order valence-electron chi connectivity index (χ0n) is 10.0. The molecule has 2 rings (SSSR count). The first-order valence-electron chi connectivity index (χ1n) is 5.96. The summed E-state index contributed by atoms with van der Waals surface area (Å²) in [5.74, 6) is 2.62. The van der Waals surface area contributed by atoms with Crippen LogP contribution in [-0.2, 0) is 0 Å². The molecule has 0 unspecified atom stereocenters. The van der Waals surface area contributed by atoms with Crippen molar-refractivity contribution >= 4 is 11.7 Å². The van der Waals surface area contributed by atoms with Crippen molar-refractivity contribution in [1.29, 1.82) is 0 Å². The molecule has 1 aliphatic rings. The Morgan fingerprint density at radius 1 is 1.44 bits per heavy atom. The van der Waals surface area contributed by atoms with Gasteiger partial charge < -0.3 is 10.2 Å². The number of benzene rings is 1. The molecule has 1 aromatic rings. The molecule has 1 fully saturated rings. The number of nitrogens with one attached hydrogen (secondary N) is 1. The Hall–Kier alpha value is -2.02. The standard InChI is InChI=1S/C14H15FN2O/c1-2-11-6-8-17(9-7-11)14(18)16-13-5-3-4-12(15)10-13/h1,3-5,10-11H,6-9H2,(H,16,18). The number of amides is 2. The number of carbonyl (C=O) groups excluding carboxylic acids is 1. The maximum atomic E-state index is 13.0. The molecular weight excluding hydrogens is 231 g/mol. The highest BCUT2D eigenvalue weighted by Crippen LogP contribution is 2.17. The smallest absolute Gasteiger partial charge is 0.321 e. The van der Waals surface area contributed by atoms with Gasteiger partial charge in [0, 0.05) is 24.7 Å². The topological polar surface area (TPSA) is 32.3 Å². The maximum absolute atomic E-state index is 13.0. The third kappa shape index (κ3) is 3.01. The normalized spacial score (nSPS) is 16.1. The lowest BCUT2D eigenvalue weighted by Crippen LogP contribution is -2.40. The van der Waals surface area contributed by atoms with Crippen LogP contribution in [0.5, 0.6) is 0 Å². The zero-order valence-corrected chi connectivity index (χ0v) is 10.0. The SMILES string of the molecule is C#CC1CCN(C(=O)Nc2cccc(F)c2)CC1. The molecule has 94 valence electrons. The quantitative estimate of drug-likeness (QED) is 0.759. The van der Waals surface area contributed by atoms with Gasteiger partial charge in [0.1, 0.15) is 5.82 Å². The van der Waals surface area contributed by atoms with Crippen molar-refractivity contribution in [3.63, 3.8) is 0 Å². The number of hydrogen-bond acceptors (Lipinski definition) is 1. The first-order chi connectivity index (χ1) is 8.69. The number of halogens is 1. The van der Waals surface area contributed by atoms with E-state index in [1.54, 1.807) is 17.0 Å². The Kier molecular flexibility index (Phi) is 3.83. The number of hydrogen-bond donors (Lipinski definition) is 1. The number of piperidine rings is 1. The Labute approximate surface area is 106 Å². The van der Waals surface area contributed by atoms with Gasteiger partial charge in [-0.2, -0.15) is 0 Å². The van der Waals surface area contributed by atoms with Crippen LogP contribution in [0.15, 0.2) is 24.3 Å². The lowest BCUT2D eigenvalue weighted by Gasteiger charge is -2.29. The molecule has 1 heterocycles. The average Bonchev–Trinajstić information content (AvgIpc) is 2.39. The Morgan fingerprint density at radius 3 is 2.78 bits per heavy atom. The number of likely N-dealkylation sites (tertiary alicyclic amines) is 1. The zero-order chi connectivity index (χ0) is 13.0. The van der Waals surface area contributed by atoms with E-state index in [1.807, 2.05) is 0 Å². The second-order valence-electron chi connectivity index (χ2n) is 4.37. The van der Waals surface area contributed by atoms with Crippen molar-refractivity contribution in [2.24, 2.45) is 5.92 Å². The van der Waals surface area contributed by atoms with E-state index in [-0.39, 0.29) is 17.8 Å². The number of anilines is 1. The predicted molar refractivity (Wildman–Crippen MR) is 68.5 cm³/mol. The van der Waals surface area contributed by atoms with Gasteiger partial charge in [0.25, 0.3) is 0 Å². The Morgan fingerprint density at radius 2 is 2.17 bits per heavy atom. The minimum Gasteiger partial charge on any atom is -0.324 e. The summed E-state index contributed by atoms with van der Waals surface area (Å²) in [6.07, 6.45) is 7.01. The third-order valence-electron chi connectivity index (χ3n) is 3.09. The summed E-state index contributed by atoms with van der Waals surface area (Å²) >= 11 is 0. The van der Waals surface area contributed by atoms with Crippen LogP contribution in [0.4, 0.5) is 14.9 Å². The van der Waals surface area contributed by atoms with Gasteiger partial charge in [-0.25, -0.2) is 9.18 Å². The van der Waals surface area contributed by atoms with E-state index in [1.165, 1.54) is 12.1 Å². The van der Waals surface area contributed by atoms with Gasteiger partial charge in [-0.15, -0.1) is 12.3 Å². The summed E-state index contributed by atoms with van der Waals surface area (Å²) in [6.45, 7) is 1.30. The van der Waals surface area contributed by atoms with Crippen LogP contribution < -0.4 is 5.32 Å². The Bertz CT molecular complexity index is 473. The number of terminal acetylenes is 1. The van der Waals surface area contributed by atoms with Gasteiger partial charge in [0.2, 0.25) is 0 Å². The lowest BCUT2D eigenvalue weighted by molar-refractivity contribution is 0.192. The van der Waals surface area contributed by atoms with Crippen molar-refractivity contribution in [2.45, 2.75) is 12.8 Å². The summed E-state index contributed by atoms with van der Waals surface area (Å²) < 4.78 is 13.0. The van der Waals surface area contributed by atoms with Crippen LogP contribution in [-0.4, -0.2) is 24.0 Å². The second-order valence-corrected chi connectivity index (χ2v) is 4.37. The molecule has 1 aliphatic heterocycles. The highest BCUT2D eigenvalue weighted by molar-refractivity contribution is 5.89. The molecule has 0 aliphatic carbocycles. The molecule has 1 N–H and O–H groups in total. The Balaban J connectivity index is 1.91. The van der Waals surface area contributed by atoms with Crippen LogP contribution in [0.3, 0.4) is 0 Å². The molecule has 0 atom stereocenters. The number of nitrogens with zero attached hydrogens (tertiary/aromatic N) is 1. The molecule has 4 heteroatoms. The predicted octanol–water partition coefficient (Wildman–Crippen LogP) is 2.70. The van der Waals surface area contributed by atoms with E-state index in [0.717, 1.165) is 12.8 Å². The molecule has 0 spiro atoms.